The van der Waals surface area contributed by atoms with Crippen molar-refractivity contribution in [2.75, 3.05) is 39.8 Å². The molecule has 21 heavy (non-hydrogen) atoms. The lowest BCUT2D eigenvalue weighted by Gasteiger charge is -2.34. The first-order valence-electron chi connectivity index (χ1n) is 6.85. The Morgan fingerprint density at radius 1 is 1.33 bits per heavy atom. The number of amides is 1. The van der Waals surface area contributed by atoms with Crippen molar-refractivity contribution in [3.05, 3.63) is 20.3 Å². The van der Waals surface area contributed by atoms with Crippen molar-refractivity contribution in [3.8, 4) is 0 Å². The number of halogens is 1. The van der Waals surface area contributed by atoms with Gasteiger partial charge in [0.1, 0.15) is 0 Å². The molecule has 0 aliphatic carbocycles. The minimum Gasteiger partial charge on any atom is -0.469 e. The Hall–Kier alpha value is -0.920. The topological polar surface area (TPSA) is 49.9 Å². The van der Waals surface area contributed by atoms with Crippen LogP contribution in [0.3, 0.4) is 0 Å². The highest BCUT2D eigenvalue weighted by atomic mass is 79.9. The third-order valence-electron chi connectivity index (χ3n) is 3.59. The Bertz CT molecular complexity index is 505. The molecule has 0 unspecified atom stereocenters. The van der Waals surface area contributed by atoms with Crippen molar-refractivity contribution in [2.45, 2.75) is 13.3 Å². The van der Waals surface area contributed by atoms with Crippen molar-refractivity contribution in [1.29, 1.82) is 0 Å². The van der Waals surface area contributed by atoms with Crippen LogP contribution in [0.15, 0.2) is 9.85 Å². The van der Waals surface area contributed by atoms with Gasteiger partial charge in [-0.2, -0.15) is 0 Å². The van der Waals surface area contributed by atoms with Gasteiger partial charge in [-0.05, 0) is 34.5 Å². The summed E-state index contributed by atoms with van der Waals surface area (Å²) in [4.78, 5) is 28.4. The molecule has 7 heteroatoms. The molecule has 1 aliphatic rings. The zero-order valence-electron chi connectivity index (χ0n) is 12.2. The lowest BCUT2D eigenvalue weighted by Crippen LogP contribution is -2.48. The van der Waals surface area contributed by atoms with E-state index in [1.807, 2.05) is 17.9 Å². The number of nitrogens with zero attached hydrogens (tertiary/aromatic N) is 2. The molecule has 2 heterocycles. The molecule has 1 aromatic heterocycles. The third kappa shape index (κ3) is 4.28. The molecule has 0 N–H and O–H groups in total. The summed E-state index contributed by atoms with van der Waals surface area (Å²) >= 11 is 4.94. The van der Waals surface area contributed by atoms with Crippen LogP contribution in [0.1, 0.15) is 21.7 Å². The maximum Gasteiger partial charge on any atom is 0.306 e. The van der Waals surface area contributed by atoms with Gasteiger partial charge < -0.3 is 9.64 Å². The molecule has 1 fully saturated rings. The summed E-state index contributed by atoms with van der Waals surface area (Å²) < 4.78 is 5.66. The highest BCUT2D eigenvalue weighted by molar-refractivity contribution is 9.11. The van der Waals surface area contributed by atoms with Crippen molar-refractivity contribution in [2.24, 2.45) is 0 Å². The zero-order valence-corrected chi connectivity index (χ0v) is 14.6. The largest absolute Gasteiger partial charge is 0.469 e. The van der Waals surface area contributed by atoms with Crippen molar-refractivity contribution < 1.29 is 14.3 Å². The lowest BCUT2D eigenvalue weighted by atomic mass is 10.2. The Morgan fingerprint density at radius 2 is 2.00 bits per heavy atom. The fourth-order valence-corrected chi connectivity index (χ4v) is 3.75. The molecule has 1 amide bonds. The van der Waals surface area contributed by atoms with Gasteiger partial charge in [0, 0.05) is 32.7 Å². The third-order valence-corrected chi connectivity index (χ3v) is 5.71. The van der Waals surface area contributed by atoms with E-state index in [1.165, 1.54) is 18.4 Å². The van der Waals surface area contributed by atoms with Gasteiger partial charge in [-0.1, -0.05) is 0 Å². The standard InChI is InChI=1S/C14H19BrN2O3S/c1-10-9-11(21-13(10)15)14(19)17-7-5-16(6-8-17)4-3-12(18)20-2/h9H,3-8H2,1-2H3. The van der Waals surface area contributed by atoms with Crippen LogP contribution in [0.4, 0.5) is 0 Å². The summed E-state index contributed by atoms with van der Waals surface area (Å²) in [5.74, 6) is -0.0890. The SMILES string of the molecule is COC(=O)CCN1CCN(C(=O)c2cc(C)c(Br)s2)CC1. The van der Waals surface area contributed by atoms with E-state index < -0.39 is 0 Å². The highest BCUT2D eigenvalue weighted by Gasteiger charge is 2.23. The van der Waals surface area contributed by atoms with E-state index in [0.717, 1.165) is 27.3 Å². The van der Waals surface area contributed by atoms with Gasteiger partial charge in [-0.15, -0.1) is 11.3 Å². The summed E-state index contributed by atoms with van der Waals surface area (Å²) in [5, 5.41) is 0. The molecule has 0 radical (unpaired) electrons. The maximum absolute atomic E-state index is 12.4. The number of carbonyl (C=O) groups excluding carboxylic acids is 2. The average Bonchev–Trinajstić information content (AvgIpc) is 2.84. The van der Waals surface area contributed by atoms with Crippen LogP contribution < -0.4 is 0 Å². The van der Waals surface area contributed by atoms with Crippen molar-refractivity contribution in [1.82, 2.24) is 9.80 Å². The van der Waals surface area contributed by atoms with E-state index in [9.17, 15) is 9.59 Å². The van der Waals surface area contributed by atoms with Crippen LogP contribution in [-0.2, 0) is 9.53 Å². The molecule has 0 saturated carbocycles. The predicted molar refractivity (Wildman–Crippen MR) is 85.7 cm³/mol. The summed E-state index contributed by atoms with van der Waals surface area (Å²) in [5.41, 5.74) is 1.10. The second-order valence-corrected chi connectivity index (χ2v) is 7.40. The number of methoxy groups -OCH3 is 1. The number of carbonyl (C=O) groups is 2. The average molecular weight is 375 g/mol. The van der Waals surface area contributed by atoms with E-state index >= 15 is 0 Å². The first kappa shape index (κ1) is 16.5. The van der Waals surface area contributed by atoms with Gasteiger partial charge in [-0.3, -0.25) is 14.5 Å². The lowest BCUT2D eigenvalue weighted by molar-refractivity contribution is -0.141. The predicted octanol–water partition coefficient (Wildman–Crippen LogP) is 2.14. The molecule has 0 spiro atoms. The molecule has 2 rings (SSSR count). The summed E-state index contributed by atoms with van der Waals surface area (Å²) in [6, 6.07) is 1.93. The summed E-state index contributed by atoms with van der Waals surface area (Å²) in [7, 11) is 1.40. The van der Waals surface area contributed by atoms with Gasteiger partial charge in [0.05, 0.1) is 22.2 Å². The molecule has 0 bridgehead atoms. The zero-order chi connectivity index (χ0) is 15.4. The fraction of sp³-hybridized carbons (Fsp3) is 0.571. The molecule has 116 valence electrons. The number of hydrogen-bond donors (Lipinski definition) is 0. The van der Waals surface area contributed by atoms with E-state index in [-0.39, 0.29) is 11.9 Å². The molecule has 5 nitrogen and oxygen atoms in total. The van der Waals surface area contributed by atoms with Gasteiger partial charge >= 0.3 is 5.97 Å². The monoisotopic (exact) mass is 374 g/mol. The van der Waals surface area contributed by atoms with Crippen LogP contribution in [0.25, 0.3) is 0 Å². The number of piperazine rings is 1. The highest BCUT2D eigenvalue weighted by Crippen LogP contribution is 2.28. The second kappa shape index (κ2) is 7.38. The number of rotatable bonds is 4. The molecule has 0 aromatic carbocycles. The van der Waals surface area contributed by atoms with Gasteiger partial charge in [0.2, 0.25) is 0 Å². The van der Waals surface area contributed by atoms with E-state index in [4.69, 9.17) is 0 Å². The quantitative estimate of drug-likeness (QED) is 0.757. The summed E-state index contributed by atoms with van der Waals surface area (Å²) in [6.07, 6.45) is 0.404. The number of ether oxygens (including phenoxy) is 1. The van der Waals surface area contributed by atoms with Crippen LogP contribution in [0, 0.1) is 6.92 Å². The molecule has 1 aromatic rings. The normalized spacial score (nSPS) is 16.0. The number of thiophene rings is 1. The Labute approximate surface area is 137 Å². The minimum absolute atomic E-state index is 0.0985. The fourth-order valence-electron chi connectivity index (χ4n) is 2.25. The van der Waals surface area contributed by atoms with Crippen LogP contribution in [-0.4, -0.2) is 61.5 Å². The Kier molecular flexibility index (Phi) is 5.78. The summed E-state index contributed by atoms with van der Waals surface area (Å²) in [6.45, 7) is 5.69. The van der Waals surface area contributed by atoms with Crippen molar-refractivity contribution >= 4 is 39.1 Å². The van der Waals surface area contributed by atoms with E-state index in [0.29, 0.717) is 26.1 Å². The number of hydrogen-bond acceptors (Lipinski definition) is 5. The molecule has 0 atom stereocenters. The van der Waals surface area contributed by atoms with Crippen molar-refractivity contribution in [3.63, 3.8) is 0 Å². The Morgan fingerprint density at radius 3 is 2.52 bits per heavy atom. The van der Waals surface area contributed by atoms with E-state index in [1.54, 1.807) is 0 Å². The van der Waals surface area contributed by atoms with Crippen LogP contribution in [0.2, 0.25) is 0 Å². The molecule has 1 saturated heterocycles. The van der Waals surface area contributed by atoms with Gasteiger partial charge in [0.15, 0.2) is 0 Å². The molecular formula is C14H19BrN2O3S. The smallest absolute Gasteiger partial charge is 0.306 e. The van der Waals surface area contributed by atoms with Gasteiger partial charge in [0.25, 0.3) is 5.91 Å². The van der Waals surface area contributed by atoms with Crippen LogP contribution >= 0.6 is 27.3 Å². The second-order valence-electron chi connectivity index (χ2n) is 5.03. The Balaban J connectivity index is 1.83. The minimum atomic E-state index is -0.188. The van der Waals surface area contributed by atoms with E-state index in [2.05, 4.69) is 25.6 Å². The number of aryl methyl sites for hydroxylation is 1. The van der Waals surface area contributed by atoms with Crippen LogP contribution in [0.5, 0.6) is 0 Å². The first-order chi connectivity index (χ1) is 10.0. The maximum atomic E-state index is 12.4. The molecular weight excluding hydrogens is 356 g/mol. The number of esters is 1. The molecule has 1 aliphatic heterocycles. The van der Waals surface area contributed by atoms with Gasteiger partial charge in [-0.25, -0.2) is 0 Å². The first-order valence-corrected chi connectivity index (χ1v) is 8.46.